The van der Waals surface area contributed by atoms with Gasteiger partial charge in [0.05, 0.1) is 12.7 Å². The van der Waals surface area contributed by atoms with Crippen molar-refractivity contribution in [2.75, 3.05) is 6.61 Å². The Kier molecular flexibility index (Phi) is 4.72. The Morgan fingerprint density at radius 3 is 2.77 bits per heavy atom. The second-order valence-electron chi connectivity index (χ2n) is 7.20. The van der Waals surface area contributed by atoms with Crippen molar-refractivity contribution in [1.29, 1.82) is 0 Å². The van der Waals surface area contributed by atoms with Crippen molar-refractivity contribution in [3.05, 3.63) is 97.9 Å². The van der Waals surface area contributed by atoms with Crippen LogP contribution < -0.4 is 11.1 Å². The molecular formula is C21H17ClN4O4. The first-order valence-electron chi connectivity index (χ1n) is 9.49. The van der Waals surface area contributed by atoms with Gasteiger partial charge in [-0.2, -0.15) is 4.98 Å². The average Bonchev–Trinajstić information content (AvgIpc) is 3.41. The van der Waals surface area contributed by atoms with Crippen LogP contribution in [0.3, 0.4) is 0 Å². The van der Waals surface area contributed by atoms with E-state index >= 15 is 0 Å². The Morgan fingerprint density at radius 2 is 1.93 bits per heavy atom. The molecule has 2 atom stereocenters. The predicted octanol–water partition coefficient (Wildman–Crippen LogP) is 2.79. The van der Waals surface area contributed by atoms with Gasteiger partial charge in [0.25, 0.3) is 11.1 Å². The molecule has 0 bridgehead atoms. The molecule has 0 amide bonds. The number of fused-ring (bicyclic) bond motifs is 1. The molecule has 0 radical (unpaired) electrons. The average molecular weight is 425 g/mol. The lowest BCUT2D eigenvalue weighted by Crippen LogP contribution is -2.26. The van der Waals surface area contributed by atoms with Crippen molar-refractivity contribution in [2.45, 2.75) is 25.0 Å². The molecule has 3 aromatic heterocycles. The fourth-order valence-corrected chi connectivity index (χ4v) is 3.80. The molecule has 152 valence electrons. The Hall–Kier alpha value is -3.23. The van der Waals surface area contributed by atoms with Gasteiger partial charge in [-0.25, -0.2) is 0 Å². The second-order valence-corrected chi connectivity index (χ2v) is 7.64. The van der Waals surface area contributed by atoms with Gasteiger partial charge in [0.15, 0.2) is 5.82 Å². The maximum absolute atomic E-state index is 12.7. The van der Waals surface area contributed by atoms with E-state index in [4.69, 9.17) is 20.9 Å². The first kappa shape index (κ1) is 18.8. The van der Waals surface area contributed by atoms with Crippen LogP contribution in [0, 0.1) is 0 Å². The highest BCUT2D eigenvalue weighted by Gasteiger charge is 2.31. The number of ether oxygens (including phenoxy) is 1. The summed E-state index contributed by atoms with van der Waals surface area (Å²) in [7, 11) is 0. The van der Waals surface area contributed by atoms with Gasteiger partial charge in [0.1, 0.15) is 12.1 Å². The second kappa shape index (κ2) is 7.55. The lowest BCUT2D eigenvalue weighted by atomic mass is 10.0. The van der Waals surface area contributed by atoms with E-state index in [9.17, 15) is 9.59 Å². The van der Waals surface area contributed by atoms with Crippen LogP contribution in [-0.2, 0) is 11.3 Å². The summed E-state index contributed by atoms with van der Waals surface area (Å²) in [5.41, 5.74) is 0.790. The summed E-state index contributed by atoms with van der Waals surface area (Å²) in [6.07, 6.45) is 3.78. The zero-order valence-electron chi connectivity index (χ0n) is 15.8. The molecule has 0 N–H and O–H groups in total. The molecule has 4 aromatic rings. The summed E-state index contributed by atoms with van der Waals surface area (Å²) in [5.74, 6) is 0.895. The SMILES string of the molecule is O=c1c2cccc(=O)n2ccn1Cc1nc(C2COC(c3ccc(Cl)cc3)C2)no1. The summed E-state index contributed by atoms with van der Waals surface area (Å²) < 4.78 is 14.0. The molecule has 0 spiro atoms. The Morgan fingerprint density at radius 1 is 1.10 bits per heavy atom. The highest BCUT2D eigenvalue weighted by molar-refractivity contribution is 6.30. The third kappa shape index (κ3) is 3.44. The lowest BCUT2D eigenvalue weighted by molar-refractivity contribution is 0.110. The number of hydrogen-bond donors (Lipinski definition) is 0. The number of hydrogen-bond acceptors (Lipinski definition) is 6. The maximum atomic E-state index is 12.7. The van der Waals surface area contributed by atoms with Crippen molar-refractivity contribution in [2.24, 2.45) is 0 Å². The van der Waals surface area contributed by atoms with Gasteiger partial charge in [-0.1, -0.05) is 35.0 Å². The van der Waals surface area contributed by atoms with Crippen LogP contribution >= 0.6 is 11.6 Å². The molecule has 1 aliphatic heterocycles. The highest BCUT2D eigenvalue weighted by atomic mass is 35.5. The summed E-state index contributed by atoms with van der Waals surface area (Å²) in [6.45, 7) is 0.616. The minimum absolute atomic E-state index is 0.00933. The van der Waals surface area contributed by atoms with Crippen LogP contribution in [0.1, 0.15) is 35.7 Å². The van der Waals surface area contributed by atoms with Crippen LogP contribution in [-0.4, -0.2) is 25.7 Å². The van der Waals surface area contributed by atoms with Gasteiger partial charge in [-0.15, -0.1) is 0 Å². The third-order valence-corrected chi connectivity index (χ3v) is 5.51. The van der Waals surface area contributed by atoms with Gasteiger partial charge < -0.3 is 13.8 Å². The number of aromatic nitrogens is 4. The van der Waals surface area contributed by atoms with Crippen LogP contribution in [0.4, 0.5) is 0 Å². The molecular weight excluding hydrogens is 408 g/mol. The lowest BCUT2D eigenvalue weighted by Gasteiger charge is -2.09. The van der Waals surface area contributed by atoms with Crippen LogP contribution in [0.25, 0.3) is 5.52 Å². The number of halogens is 1. The monoisotopic (exact) mass is 424 g/mol. The molecule has 4 heterocycles. The first-order chi connectivity index (χ1) is 14.6. The fraction of sp³-hybridized carbons (Fsp3) is 0.238. The van der Waals surface area contributed by atoms with Crippen molar-refractivity contribution >= 4 is 17.1 Å². The molecule has 0 saturated carbocycles. The normalized spacial score (nSPS) is 18.8. The van der Waals surface area contributed by atoms with E-state index in [0.29, 0.717) is 28.9 Å². The molecule has 1 aromatic carbocycles. The number of nitrogens with zero attached hydrogens (tertiary/aromatic N) is 4. The maximum Gasteiger partial charge on any atom is 0.275 e. The van der Waals surface area contributed by atoms with Gasteiger partial charge in [0, 0.05) is 29.4 Å². The topological polar surface area (TPSA) is 91.6 Å². The number of rotatable bonds is 4. The molecule has 1 aliphatic rings. The summed E-state index contributed by atoms with van der Waals surface area (Å²) in [4.78, 5) is 29.0. The smallest absolute Gasteiger partial charge is 0.275 e. The molecule has 9 heteroatoms. The molecule has 1 fully saturated rings. The standard InChI is InChI=1S/C21H17ClN4O4/c22-15-6-4-13(5-7-15)17-10-14(12-29-17)20-23-18(30-24-20)11-25-8-9-26-16(21(25)28)2-1-3-19(26)27/h1-9,14,17H,10-12H2. The van der Waals surface area contributed by atoms with E-state index in [1.165, 1.54) is 21.2 Å². The van der Waals surface area contributed by atoms with E-state index in [1.54, 1.807) is 18.3 Å². The van der Waals surface area contributed by atoms with Crippen molar-refractivity contribution in [1.82, 2.24) is 19.1 Å². The predicted molar refractivity (Wildman–Crippen MR) is 109 cm³/mol. The Bertz CT molecular complexity index is 1330. The minimum Gasteiger partial charge on any atom is -0.373 e. The van der Waals surface area contributed by atoms with Crippen LogP contribution in [0.5, 0.6) is 0 Å². The van der Waals surface area contributed by atoms with Crippen molar-refractivity contribution < 1.29 is 9.26 Å². The summed E-state index contributed by atoms with van der Waals surface area (Å²) in [5, 5.41) is 4.77. The fourth-order valence-electron chi connectivity index (χ4n) is 3.68. The zero-order valence-corrected chi connectivity index (χ0v) is 16.5. The van der Waals surface area contributed by atoms with E-state index in [1.807, 2.05) is 24.3 Å². The van der Waals surface area contributed by atoms with Crippen molar-refractivity contribution in [3.63, 3.8) is 0 Å². The van der Waals surface area contributed by atoms with Gasteiger partial charge in [-0.3, -0.25) is 14.0 Å². The Balaban J connectivity index is 1.33. The zero-order chi connectivity index (χ0) is 20.7. The van der Waals surface area contributed by atoms with E-state index in [0.717, 1.165) is 12.0 Å². The van der Waals surface area contributed by atoms with E-state index < -0.39 is 0 Å². The molecule has 30 heavy (non-hydrogen) atoms. The van der Waals surface area contributed by atoms with Crippen molar-refractivity contribution in [3.8, 4) is 0 Å². The quantitative estimate of drug-likeness (QED) is 0.500. The Labute approximate surface area is 175 Å². The van der Waals surface area contributed by atoms with Gasteiger partial charge in [0.2, 0.25) is 5.89 Å². The van der Waals surface area contributed by atoms with Crippen LogP contribution in [0.15, 0.2) is 69.0 Å². The number of pyridine rings is 1. The molecule has 1 saturated heterocycles. The third-order valence-electron chi connectivity index (χ3n) is 5.26. The minimum atomic E-state index is -0.304. The summed E-state index contributed by atoms with van der Waals surface area (Å²) >= 11 is 5.95. The number of benzene rings is 1. The molecule has 2 unspecified atom stereocenters. The summed E-state index contributed by atoms with van der Waals surface area (Å²) in [6, 6.07) is 12.2. The van der Waals surface area contributed by atoms with Crippen LogP contribution in [0.2, 0.25) is 5.02 Å². The highest BCUT2D eigenvalue weighted by Crippen LogP contribution is 2.37. The van der Waals surface area contributed by atoms with Gasteiger partial charge >= 0.3 is 0 Å². The van der Waals surface area contributed by atoms with E-state index in [-0.39, 0.29) is 29.7 Å². The van der Waals surface area contributed by atoms with E-state index in [2.05, 4.69) is 10.1 Å². The molecule has 5 rings (SSSR count). The molecule has 0 aliphatic carbocycles. The first-order valence-corrected chi connectivity index (χ1v) is 9.86. The largest absolute Gasteiger partial charge is 0.373 e. The molecule has 8 nitrogen and oxygen atoms in total. The van der Waals surface area contributed by atoms with Gasteiger partial charge in [-0.05, 0) is 30.2 Å².